The lowest BCUT2D eigenvalue weighted by molar-refractivity contribution is -0.117. The Morgan fingerprint density at radius 3 is 0.818 bits per heavy atom. The van der Waals surface area contributed by atoms with Crippen molar-refractivity contribution in [1.29, 1.82) is 0 Å². The Bertz CT molecular complexity index is 1860. The molecule has 15 N–H and O–H groups in total. The van der Waals surface area contributed by atoms with Crippen molar-refractivity contribution in [2.45, 2.75) is 56.6 Å². The zero-order chi connectivity index (χ0) is 50.5. The molecule has 0 saturated carbocycles. The highest BCUT2D eigenvalue weighted by Crippen LogP contribution is 2.40. The Kier molecular flexibility index (Phi) is 26.8. The van der Waals surface area contributed by atoms with Gasteiger partial charge in [0.25, 0.3) is 23.6 Å². The van der Waals surface area contributed by atoms with E-state index >= 15 is 0 Å². The lowest BCUT2D eigenvalue weighted by Crippen LogP contribution is -2.51. The molecule has 6 amide bonds. The van der Waals surface area contributed by atoms with Crippen LogP contribution in [0.25, 0.3) is 0 Å². The van der Waals surface area contributed by atoms with E-state index in [0.29, 0.717) is 0 Å². The van der Waals surface area contributed by atoms with Crippen LogP contribution in [0.1, 0.15) is 55.3 Å². The van der Waals surface area contributed by atoms with Gasteiger partial charge in [-0.15, -0.1) is 0 Å². The highest BCUT2D eigenvalue weighted by molar-refractivity contribution is 14.1. The number of aliphatic hydroxyl groups is 11. The van der Waals surface area contributed by atoms with Crippen molar-refractivity contribution in [2.75, 3.05) is 75.5 Å². The number of anilines is 2. The summed E-state index contributed by atoms with van der Waals surface area (Å²) in [6.07, 6.45) is -11.7. The Balaban J connectivity index is 2.74. The molecule has 0 radical (unpaired) electrons. The van der Waals surface area contributed by atoms with Crippen LogP contribution in [0.15, 0.2) is 0 Å². The molecule has 0 heterocycles. The van der Waals surface area contributed by atoms with Gasteiger partial charge in [-0.05, 0) is 136 Å². The number of hydrogen-bond donors (Lipinski definition) is 15. The first-order valence-corrected chi connectivity index (χ1v) is 25.6. The van der Waals surface area contributed by atoms with E-state index in [9.17, 15) is 84.9 Å². The molecule has 66 heavy (non-hydrogen) atoms. The predicted molar refractivity (Wildman–Crippen MR) is 285 cm³/mol. The van der Waals surface area contributed by atoms with Gasteiger partial charge >= 0.3 is 0 Å². The predicted octanol–water partition coefficient (Wildman–Crippen LogP) is -2.87. The zero-order valence-corrected chi connectivity index (χ0v) is 47.6. The number of carbonyl (C=O) groups is 6. The van der Waals surface area contributed by atoms with Gasteiger partial charge in [0.2, 0.25) is 11.8 Å². The molecule has 6 atom stereocenters. The molecule has 0 saturated heterocycles. The van der Waals surface area contributed by atoms with Gasteiger partial charge in [-0.3, -0.25) is 28.8 Å². The summed E-state index contributed by atoms with van der Waals surface area (Å²) in [5.74, 6) is -5.00. The van der Waals surface area contributed by atoms with E-state index in [4.69, 9.17) is 0 Å². The van der Waals surface area contributed by atoms with Crippen LogP contribution in [-0.4, -0.2) is 200 Å². The van der Waals surface area contributed by atoms with Crippen LogP contribution >= 0.6 is 136 Å². The lowest BCUT2D eigenvalue weighted by Gasteiger charge is -2.33. The highest BCUT2D eigenvalue weighted by Gasteiger charge is 2.37. The van der Waals surface area contributed by atoms with Crippen LogP contribution < -0.4 is 31.1 Å². The Morgan fingerprint density at radius 1 is 0.424 bits per heavy atom. The normalized spacial score (nSPS) is 14.5. The second-order valence-electron chi connectivity index (χ2n) is 14.2. The fraction of sp³-hybridized carbons (Fsp3) is 0.514. The number of aliphatic hydroxyl groups excluding tert-OH is 11. The van der Waals surface area contributed by atoms with Crippen molar-refractivity contribution >= 4 is 182 Å². The topological polar surface area (TPSA) is 380 Å². The van der Waals surface area contributed by atoms with Gasteiger partial charge in [0, 0.05) is 47.2 Å². The molecule has 2 rings (SSSR count). The number of nitrogens with zero attached hydrogens (tertiary/aromatic N) is 2. The van der Waals surface area contributed by atoms with E-state index in [2.05, 4.69) is 21.3 Å². The van der Waals surface area contributed by atoms with Crippen molar-refractivity contribution < 1.29 is 84.9 Å². The maximum atomic E-state index is 13.6. The summed E-state index contributed by atoms with van der Waals surface area (Å²) in [4.78, 5) is 83.1. The summed E-state index contributed by atoms with van der Waals surface area (Å²) in [6.45, 7) is -3.93. The minimum absolute atomic E-state index is 0.0452. The van der Waals surface area contributed by atoms with Crippen molar-refractivity contribution in [3.05, 3.63) is 43.7 Å². The first-order valence-electron chi connectivity index (χ1n) is 19.1. The van der Waals surface area contributed by atoms with Gasteiger partial charge in [0.1, 0.15) is 18.3 Å². The molecular weight excluding hydrogens is 1560 g/mol. The van der Waals surface area contributed by atoms with Gasteiger partial charge in [-0.1, -0.05) is 0 Å². The first kappa shape index (κ1) is 61.3. The van der Waals surface area contributed by atoms with E-state index in [0.717, 1.165) is 23.6 Å². The molecule has 2 aromatic carbocycles. The zero-order valence-electron chi connectivity index (χ0n) is 34.6. The number of benzene rings is 2. The van der Waals surface area contributed by atoms with Gasteiger partial charge in [0.05, 0.1) is 112 Å². The number of amides is 6. The Morgan fingerprint density at radius 2 is 0.636 bits per heavy atom. The Hall–Kier alpha value is -0.800. The van der Waals surface area contributed by atoms with Crippen LogP contribution in [0.5, 0.6) is 0 Å². The quantitative estimate of drug-likeness (QED) is 0.0470. The summed E-state index contributed by atoms with van der Waals surface area (Å²) in [6, 6.07) is 0. The van der Waals surface area contributed by atoms with Crippen LogP contribution in [0.3, 0.4) is 0 Å². The average Bonchev–Trinajstić information content (AvgIpc) is 3.26. The smallest absolute Gasteiger partial charge is 0.253 e. The minimum Gasteiger partial charge on any atom is -0.394 e. The van der Waals surface area contributed by atoms with Crippen LogP contribution in [0, 0.1) is 21.4 Å². The second kappa shape index (κ2) is 28.9. The van der Waals surface area contributed by atoms with Crippen LogP contribution in [0.2, 0.25) is 0 Å². The molecule has 370 valence electrons. The summed E-state index contributed by atoms with van der Waals surface area (Å²) in [5.41, 5.74) is -0.956. The van der Waals surface area contributed by atoms with E-state index in [1.54, 1.807) is 136 Å². The van der Waals surface area contributed by atoms with E-state index < -0.39 is 144 Å². The molecule has 0 spiro atoms. The number of rotatable bonds is 24. The lowest BCUT2D eigenvalue weighted by atomic mass is 10.0. The van der Waals surface area contributed by atoms with Crippen molar-refractivity contribution in [3.63, 3.8) is 0 Å². The molecule has 6 unspecified atom stereocenters. The molecule has 29 heteroatoms. The first-order chi connectivity index (χ1) is 30.8. The van der Waals surface area contributed by atoms with Crippen molar-refractivity contribution in [3.8, 4) is 0 Å². The summed E-state index contributed by atoms with van der Waals surface area (Å²) in [5, 5.41) is 121. The Labute approximate surface area is 459 Å². The molecule has 0 bridgehead atoms. The molecule has 2 aromatic rings. The average molecular weight is 1610 g/mol. The van der Waals surface area contributed by atoms with Gasteiger partial charge in [-0.2, -0.15) is 0 Å². The minimum atomic E-state index is -2.16. The fourth-order valence-electron chi connectivity index (χ4n) is 5.63. The second-order valence-corrected chi connectivity index (χ2v) is 20.6. The number of nitrogens with one attached hydrogen (secondary N) is 4. The fourth-order valence-corrected chi connectivity index (χ4v) is 15.1. The maximum absolute atomic E-state index is 13.6. The summed E-state index contributed by atoms with van der Waals surface area (Å²) >= 11 is 10.3. The molecule has 0 aliphatic carbocycles. The summed E-state index contributed by atoms with van der Waals surface area (Å²) in [7, 11) is 0. The van der Waals surface area contributed by atoms with E-state index in [1.165, 1.54) is 0 Å². The van der Waals surface area contributed by atoms with Gasteiger partial charge in [0.15, 0.2) is 0 Å². The largest absolute Gasteiger partial charge is 0.394 e. The number of carbonyl (C=O) groups excluding carboxylic acids is 6. The number of halogens is 6. The third-order valence-corrected chi connectivity index (χ3v) is 15.5. The summed E-state index contributed by atoms with van der Waals surface area (Å²) < 4.78 is 0.278. The third-order valence-electron chi connectivity index (χ3n) is 9.16. The maximum Gasteiger partial charge on any atom is 0.253 e. The molecular formula is C37H48I6N6O17. The van der Waals surface area contributed by atoms with E-state index in [-0.39, 0.29) is 55.0 Å². The molecule has 23 nitrogen and oxygen atoms in total. The van der Waals surface area contributed by atoms with E-state index in [1.807, 2.05) is 0 Å². The number of hydrogen-bond acceptors (Lipinski definition) is 17. The monoisotopic (exact) mass is 1610 g/mol. The third kappa shape index (κ3) is 16.1. The van der Waals surface area contributed by atoms with Gasteiger partial charge < -0.3 is 87.2 Å². The molecule has 0 fully saturated rings. The van der Waals surface area contributed by atoms with Crippen molar-refractivity contribution in [2.24, 2.45) is 0 Å². The van der Waals surface area contributed by atoms with Crippen LogP contribution in [-0.2, 0) is 9.59 Å². The SMILES string of the molecule is CC(=O)N(CC(O)C(O)C(O)CN(C(C)=O)c1c(I)c(C(=O)NCC(O)CO)c(I)c(C(=O)NCC(O)CO)c1I)c1c(I)c(C(=O)NCC(O)CO)c(I)c(C(=O)NCC(O)CO)c1I. The van der Waals surface area contributed by atoms with Crippen molar-refractivity contribution in [1.82, 2.24) is 21.3 Å². The standard InChI is InChI=1S/C37H48I6N6O17/c1-13(54)48(31-27(40)21(34(63)44-3-15(56)9-50)25(38)22(28(31)41)35(64)45-4-16(57)10-51)7-19(60)33(62)20(61)8-49(14(2)55)32-29(42)23(36(65)46-5-17(58)11-52)26(39)24(30(32)43)37(66)47-6-18(59)12-53/h15-20,33,50-53,56-62H,3-12H2,1-2H3,(H,44,63)(H,45,64)(H,46,65)(H,47,66). The molecule has 0 aromatic heterocycles. The highest BCUT2D eigenvalue weighted by atomic mass is 127. The van der Waals surface area contributed by atoms with Crippen LogP contribution in [0.4, 0.5) is 11.4 Å². The molecule has 0 aliphatic heterocycles. The van der Waals surface area contributed by atoms with Gasteiger partial charge in [-0.25, -0.2) is 0 Å². The molecule has 0 aliphatic rings.